The number of carboxylic acids is 1. The Morgan fingerprint density at radius 2 is 2.00 bits per heavy atom. The van der Waals surface area contributed by atoms with Crippen molar-refractivity contribution in [2.75, 3.05) is 12.4 Å². The number of ether oxygens (including phenoxy) is 1. The topological polar surface area (TPSA) is 105 Å². The zero-order valence-corrected chi connectivity index (χ0v) is 12.1. The molecule has 0 aliphatic heterocycles. The summed E-state index contributed by atoms with van der Waals surface area (Å²) >= 11 is 5.81. The number of hydrogen-bond acceptors (Lipinski definition) is 4. The van der Waals surface area contributed by atoms with E-state index in [1.54, 1.807) is 12.1 Å². The van der Waals surface area contributed by atoms with Crippen molar-refractivity contribution in [2.45, 2.75) is 19.3 Å². The summed E-state index contributed by atoms with van der Waals surface area (Å²) in [5.74, 6) is -1.15. The van der Waals surface area contributed by atoms with Gasteiger partial charge in [0.05, 0.1) is 12.8 Å². The van der Waals surface area contributed by atoms with Crippen LogP contribution in [0.2, 0.25) is 5.02 Å². The lowest BCUT2D eigenvalue weighted by molar-refractivity contribution is -0.137. The summed E-state index contributed by atoms with van der Waals surface area (Å²) in [6, 6.07) is 3.91. The number of carboxylic acid groups (broad SMARTS) is 1. The maximum absolute atomic E-state index is 11.6. The number of hydrogen-bond donors (Lipinski definition) is 3. The van der Waals surface area contributed by atoms with Gasteiger partial charge in [-0.15, -0.1) is 0 Å². The molecule has 3 N–H and O–H groups in total. The predicted molar refractivity (Wildman–Crippen MR) is 76.7 cm³/mol. The molecular formula is C13H15ClN2O5. The molecule has 0 aromatic heterocycles. The van der Waals surface area contributed by atoms with Crippen LogP contribution in [0.5, 0.6) is 5.75 Å². The largest absolute Gasteiger partial charge is 0.495 e. The molecular weight excluding hydrogens is 300 g/mol. The first-order valence-corrected chi connectivity index (χ1v) is 6.46. The highest BCUT2D eigenvalue weighted by molar-refractivity contribution is 6.31. The fourth-order valence-electron chi connectivity index (χ4n) is 1.52. The molecule has 1 rings (SSSR count). The van der Waals surface area contributed by atoms with Crippen molar-refractivity contribution < 1.29 is 24.2 Å². The van der Waals surface area contributed by atoms with Crippen LogP contribution in [0.15, 0.2) is 18.2 Å². The Kier molecular flexibility index (Phi) is 6.48. The Labute approximate surface area is 126 Å². The number of aliphatic carboxylic acids is 1. The van der Waals surface area contributed by atoms with Crippen molar-refractivity contribution >= 4 is 35.2 Å². The lowest BCUT2D eigenvalue weighted by Crippen LogP contribution is -2.34. The Morgan fingerprint density at radius 1 is 1.29 bits per heavy atom. The highest BCUT2D eigenvalue weighted by Crippen LogP contribution is 2.27. The number of rotatable bonds is 6. The maximum atomic E-state index is 11.6. The summed E-state index contributed by atoms with van der Waals surface area (Å²) in [5, 5.41) is 13.4. The van der Waals surface area contributed by atoms with Crippen LogP contribution in [0.3, 0.4) is 0 Å². The first kappa shape index (κ1) is 16.8. The summed E-state index contributed by atoms with van der Waals surface area (Å²) in [7, 11) is 1.43. The van der Waals surface area contributed by atoms with Gasteiger partial charge < -0.3 is 15.2 Å². The fraction of sp³-hybridized carbons (Fsp3) is 0.308. The van der Waals surface area contributed by atoms with Gasteiger partial charge in [-0.3, -0.25) is 14.9 Å². The number of nitrogens with one attached hydrogen (secondary N) is 2. The molecule has 0 atom stereocenters. The molecule has 8 heteroatoms. The van der Waals surface area contributed by atoms with Crippen molar-refractivity contribution in [3.63, 3.8) is 0 Å². The summed E-state index contributed by atoms with van der Waals surface area (Å²) in [4.78, 5) is 33.4. The highest BCUT2D eigenvalue weighted by atomic mass is 35.5. The van der Waals surface area contributed by atoms with Gasteiger partial charge in [0.15, 0.2) is 0 Å². The summed E-state index contributed by atoms with van der Waals surface area (Å²) in [5.41, 5.74) is 0.320. The number of imide groups is 1. The maximum Gasteiger partial charge on any atom is 0.325 e. The van der Waals surface area contributed by atoms with Gasteiger partial charge in [0.1, 0.15) is 5.75 Å². The molecule has 0 bridgehead atoms. The molecule has 21 heavy (non-hydrogen) atoms. The molecule has 0 radical (unpaired) electrons. The van der Waals surface area contributed by atoms with E-state index < -0.39 is 17.9 Å². The molecule has 0 aliphatic rings. The minimum absolute atomic E-state index is 0.0492. The molecule has 1 aromatic carbocycles. The second kappa shape index (κ2) is 8.11. The van der Waals surface area contributed by atoms with E-state index in [2.05, 4.69) is 10.6 Å². The van der Waals surface area contributed by atoms with Gasteiger partial charge in [-0.1, -0.05) is 11.6 Å². The zero-order valence-electron chi connectivity index (χ0n) is 11.3. The number of urea groups is 1. The number of halogens is 1. The Balaban J connectivity index is 2.52. The third-order valence-corrected chi connectivity index (χ3v) is 2.69. The van der Waals surface area contributed by atoms with E-state index in [1.165, 1.54) is 13.2 Å². The first-order chi connectivity index (χ1) is 9.92. The first-order valence-electron chi connectivity index (χ1n) is 6.08. The van der Waals surface area contributed by atoms with E-state index >= 15 is 0 Å². The summed E-state index contributed by atoms with van der Waals surface area (Å²) < 4.78 is 5.05. The number of carbonyl (C=O) groups excluding carboxylic acids is 2. The number of carbonyl (C=O) groups is 3. The van der Waals surface area contributed by atoms with E-state index in [1.807, 2.05) is 0 Å². The van der Waals surface area contributed by atoms with Crippen molar-refractivity contribution in [1.29, 1.82) is 0 Å². The van der Waals surface area contributed by atoms with Crippen LogP contribution in [0.25, 0.3) is 0 Å². The van der Waals surface area contributed by atoms with E-state index in [0.717, 1.165) is 0 Å². The number of amides is 3. The van der Waals surface area contributed by atoms with Gasteiger partial charge >= 0.3 is 12.0 Å². The molecule has 0 saturated carbocycles. The average molecular weight is 315 g/mol. The standard InChI is InChI=1S/C13H15ClN2O5/c1-21-10-6-5-8(14)7-9(10)15-13(20)16-11(17)3-2-4-12(18)19/h5-7H,2-4H2,1H3,(H,18,19)(H2,15,16,17,20). The van der Waals surface area contributed by atoms with Crippen LogP contribution in [-0.2, 0) is 9.59 Å². The quantitative estimate of drug-likeness (QED) is 0.747. The molecule has 3 amide bonds. The average Bonchev–Trinajstić information content (AvgIpc) is 2.38. The van der Waals surface area contributed by atoms with Crippen LogP contribution in [0.1, 0.15) is 19.3 Å². The van der Waals surface area contributed by atoms with Crippen LogP contribution in [0, 0.1) is 0 Å². The Bertz CT molecular complexity index is 547. The van der Waals surface area contributed by atoms with Crippen LogP contribution < -0.4 is 15.4 Å². The fourth-order valence-corrected chi connectivity index (χ4v) is 1.69. The van der Waals surface area contributed by atoms with Crippen LogP contribution >= 0.6 is 11.6 Å². The van der Waals surface area contributed by atoms with E-state index in [4.69, 9.17) is 21.4 Å². The molecule has 0 saturated heterocycles. The highest BCUT2D eigenvalue weighted by Gasteiger charge is 2.11. The van der Waals surface area contributed by atoms with Gasteiger partial charge in [0.2, 0.25) is 5.91 Å². The number of methoxy groups -OCH3 is 1. The molecule has 0 fully saturated rings. The predicted octanol–water partition coefficient (Wildman–Crippen LogP) is 2.25. The van der Waals surface area contributed by atoms with Gasteiger partial charge in [0.25, 0.3) is 0 Å². The van der Waals surface area contributed by atoms with E-state index in [9.17, 15) is 14.4 Å². The Hall–Kier alpha value is -2.28. The molecule has 114 valence electrons. The minimum atomic E-state index is -0.990. The lowest BCUT2D eigenvalue weighted by Gasteiger charge is -2.10. The molecule has 0 aliphatic carbocycles. The molecule has 0 heterocycles. The number of benzene rings is 1. The second-order valence-electron chi connectivity index (χ2n) is 4.09. The lowest BCUT2D eigenvalue weighted by atomic mass is 10.2. The van der Waals surface area contributed by atoms with Gasteiger partial charge in [0, 0.05) is 17.9 Å². The monoisotopic (exact) mass is 314 g/mol. The zero-order chi connectivity index (χ0) is 15.8. The van der Waals surface area contributed by atoms with Gasteiger partial charge in [-0.2, -0.15) is 0 Å². The minimum Gasteiger partial charge on any atom is -0.495 e. The second-order valence-corrected chi connectivity index (χ2v) is 4.53. The SMILES string of the molecule is COc1ccc(Cl)cc1NC(=O)NC(=O)CCCC(=O)O. The van der Waals surface area contributed by atoms with Crippen molar-refractivity contribution in [3.05, 3.63) is 23.2 Å². The van der Waals surface area contributed by atoms with Gasteiger partial charge in [-0.05, 0) is 24.6 Å². The van der Waals surface area contributed by atoms with Crippen LogP contribution in [-0.4, -0.2) is 30.1 Å². The normalized spacial score (nSPS) is 9.81. The molecule has 7 nitrogen and oxygen atoms in total. The Morgan fingerprint density at radius 3 is 2.62 bits per heavy atom. The van der Waals surface area contributed by atoms with Gasteiger partial charge in [-0.25, -0.2) is 4.79 Å². The molecule has 1 aromatic rings. The van der Waals surface area contributed by atoms with E-state index in [0.29, 0.717) is 16.5 Å². The van der Waals surface area contributed by atoms with Crippen molar-refractivity contribution in [2.24, 2.45) is 0 Å². The van der Waals surface area contributed by atoms with E-state index in [-0.39, 0.29) is 19.3 Å². The third-order valence-electron chi connectivity index (χ3n) is 2.46. The summed E-state index contributed by atoms with van der Waals surface area (Å²) in [6.07, 6.45) is -0.0154. The smallest absolute Gasteiger partial charge is 0.325 e. The molecule has 0 unspecified atom stereocenters. The number of anilines is 1. The van der Waals surface area contributed by atoms with Crippen molar-refractivity contribution in [1.82, 2.24) is 5.32 Å². The third kappa shape index (κ3) is 6.13. The molecule has 0 spiro atoms. The summed E-state index contributed by atoms with van der Waals surface area (Å²) in [6.45, 7) is 0. The van der Waals surface area contributed by atoms with Crippen molar-refractivity contribution in [3.8, 4) is 5.75 Å². The van der Waals surface area contributed by atoms with Crippen LogP contribution in [0.4, 0.5) is 10.5 Å².